The van der Waals surface area contributed by atoms with Gasteiger partial charge in [-0.1, -0.05) is 11.5 Å². The summed E-state index contributed by atoms with van der Waals surface area (Å²) in [6.07, 6.45) is -4.27. The normalized spacial score (nSPS) is 11.4. The van der Waals surface area contributed by atoms with Crippen LogP contribution in [-0.4, -0.2) is 14.9 Å². The molecular formula is C8H9BF3N. The summed E-state index contributed by atoms with van der Waals surface area (Å²) in [7, 11) is 3.23. The van der Waals surface area contributed by atoms with Crippen LogP contribution in [0.3, 0.4) is 0 Å². The van der Waals surface area contributed by atoms with E-state index < -0.39 is 11.7 Å². The summed E-state index contributed by atoms with van der Waals surface area (Å²) in [6.45, 7) is 0. The van der Waals surface area contributed by atoms with E-state index in [-0.39, 0.29) is 0 Å². The Morgan fingerprint density at radius 1 is 1.23 bits per heavy atom. The Labute approximate surface area is 75.4 Å². The third-order valence-electron chi connectivity index (χ3n) is 1.69. The van der Waals surface area contributed by atoms with Crippen LogP contribution in [0.15, 0.2) is 18.2 Å². The van der Waals surface area contributed by atoms with Crippen molar-refractivity contribution >= 4 is 19.0 Å². The maximum atomic E-state index is 12.3. The van der Waals surface area contributed by atoms with Gasteiger partial charge in [0.2, 0.25) is 0 Å². The largest absolute Gasteiger partial charge is 0.416 e. The smallest absolute Gasteiger partial charge is 0.388 e. The molecule has 1 rings (SSSR count). The first-order valence-electron chi connectivity index (χ1n) is 3.80. The molecule has 0 amide bonds. The quantitative estimate of drug-likeness (QED) is 0.646. The lowest BCUT2D eigenvalue weighted by atomic mass is 9.93. The van der Waals surface area contributed by atoms with Gasteiger partial charge < -0.3 is 5.32 Å². The predicted molar refractivity (Wildman–Crippen MR) is 49.2 cm³/mol. The minimum atomic E-state index is -4.27. The zero-order valence-corrected chi connectivity index (χ0v) is 7.37. The third-order valence-corrected chi connectivity index (χ3v) is 1.69. The van der Waals surface area contributed by atoms with E-state index in [2.05, 4.69) is 5.32 Å². The van der Waals surface area contributed by atoms with Crippen molar-refractivity contribution in [3.8, 4) is 0 Å². The summed E-state index contributed by atoms with van der Waals surface area (Å²) in [5.41, 5.74) is 0.461. The number of halogens is 3. The SMILES string of the molecule is Bc1cc(NC)cc(C(F)(F)F)c1. The molecule has 0 heterocycles. The Hall–Kier alpha value is -1.13. The molecule has 0 bridgehead atoms. The number of rotatable bonds is 1. The summed E-state index contributed by atoms with van der Waals surface area (Å²) in [5, 5.41) is 2.68. The molecule has 1 aromatic carbocycles. The first kappa shape index (κ1) is 9.96. The van der Waals surface area contributed by atoms with Crippen LogP contribution >= 0.6 is 0 Å². The lowest BCUT2D eigenvalue weighted by Gasteiger charge is -2.10. The molecule has 0 saturated heterocycles. The molecule has 0 aromatic heterocycles. The van der Waals surface area contributed by atoms with Crippen molar-refractivity contribution in [1.29, 1.82) is 0 Å². The summed E-state index contributed by atoms with van der Waals surface area (Å²) in [5.74, 6) is 0. The number of alkyl halides is 3. The van der Waals surface area contributed by atoms with Gasteiger partial charge >= 0.3 is 6.18 Å². The molecule has 1 nitrogen and oxygen atoms in total. The molecule has 0 aliphatic heterocycles. The van der Waals surface area contributed by atoms with Gasteiger partial charge in [-0.25, -0.2) is 0 Å². The summed E-state index contributed by atoms with van der Waals surface area (Å²) >= 11 is 0. The highest BCUT2D eigenvalue weighted by Gasteiger charge is 2.30. The van der Waals surface area contributed by atoms with Gasteiger partial charge in [-0.15, -0.1) is 0 Å². The molecule has 0 aliphatic carbocycles. The van der Waals surface area contributed by atoms with Crippen LogP contribution in [0.2, 0.25) is 0 Å². The van der Waals surface area contributed by atoms with Gasteiger partial charge in [0.25, 0.3) is 0 Å². The number of nitrogens with one attached hydrogen (secondary N) is 1. The zero-order valence-electron chi connectivity index (χ0n) is 7.37. The van der Waals surface area contributed by atoms with E-state index in [0.717, 1.165) is 12.1 Å². The fourth-order valence-electron chi connectivity index (χ4n) is 1.09. The second kappa shape index (κ2) is 3.32. The summed E-state index contributed by atoms with van der Waals surface area (Å²) in [4.78, 5) is 0. The molecule has 0 fully saturated rings. The molecule has 0 saturated carbocycles. The van der Waals surface area contributed by atoms with Crippen LogP contribution in [0.25, 0.3) is 0 Å². The zero-order chi connectivity index (χ0) is 10.1. The van der Waals surface area contributed by atoms with E-state index >= 15 is 0 Å². The fraction of sp³-hybridized carbons (Fsp3) is 0.250. The van der Waals surface area contributed by atoms with Crippen LogP contribution in [0, 0.1) is 0 Å². The van der Waals surface area contributed by atoms with Crippen molar-refractivity contribution in [2.45, 2.75) is 6.18 Å². The maximum Gasteiger partial charge on any atom is 0.416 e. The standard InChI is InChI=1S/C8H9BF3N/c1-13-7-3-5(8(10,11)12)2-6(9)4-7/h2-4,13H,9H2,1H3. The van der Waals surface area contributed by atoms with Gasteiger partial charge in [0.1, 0.15) is 7.85 Å². The van der Waals surface area contributed by atoms with Crippen molar-refractivity contribution in [3.63, 3.8) is 0 Å². The van der Waals surface area contributed by atoms with E-state index in [0.29, 0.717) is 11.2 Å². The molecule has 0 atom stereocenters. The Morgan fingerprint density at radius 2 is 1.85 bits per heavy atom. The average molecular weight is 187 g/mol. The van der Waals surface area contributed by atoms with Crippen LogP contribution in [0.1, 0.15) is 5.56 Å². The molecule has 0 unspecified atom stereocenters. The molecule has 0 aliphatic rings. The van der Waals surface area contributed by atoms with E-state index in [1.165, 1.54) is 0 Å². The number of benzene rings is 1. The van der Waals surface area contributed by atoms with Crippen LogP contribution in [0.4, 0.5) is 18.9 Å². The highest BCUT2D eigenvalue weighted by atomic mass is 19.4. The number of hydrogen-bond donors (Lipinski definition) is 1. The Bertz CT molecular complexity index is 309. The second-order valence-electron chi connectivity index (χ2n) is 2.84. The Balaban J connectivity index is 3.16. The van der Waals surface area contributed by atoms with Gasteiger partial charge in [-0.05, 0) is 12.1 Å². The van der Waals surface area contributed by atoms with Gasteiger partial charge in [-0.2, -0.15) is 13.2 Å². The topological polar surface area (TPSA) is 12.0 Å². The minimum absolute atomic E-state index is 0.479. The maximum absolute atomic E-state index is 12.3. The molecule has 1 aromatic rings. The first-order valence-corrected chi connectivity index (χ1v) is 3.80. The van der Waals surface area contributed by atoms with Crippen molar-refractivity contribution in [1.82, 2.24) is 0 Å². The molecular weight excluding hydrogens is 178 g/mol. The summed E-state index contributed by atoms with van der Waals surface area (Å²) < 4.78 is 36.8. The third kappa shape index (κ3) is 2.40. The van der Waals surface area contributed by atoms with Crippen molar-refractivity contribution in [2.24, 2.45) is 0 Å². The Morgan fingerprint density at radius 3 is 2.31 bits per heavy atom. The highest BCUT2D eigenvalue weighted by molar-refractivity contribution is 6.32. The van der Waals surface area contributed by atoms with Gasteiger partial charge in [0.05, 0.1) is 5.56 Å². The second-order valence-corrected chi connectivity index (χ2v) is 2.84. The van der Waals surface area contributed by atoms with Gasteiger partial charge in [0.15, 0.2) is 0 Å². The highest BCUT2D eigenvalue weighted by Crippen LogP contribution is 2.29. The van der Waals surface area contributed by atoms with Crippen LogP contribution < -0.4 is 10.8 Å². The Kier molecular flexibility index (Phi) is 2.54. The van der Waals surface area contributed by atoms with Crippen molar-refractivity contribution in [3.05, 3.63) is 23.8 Å². The lowest BCUT2D eigenvalue weighted by Crippen LogP contribution is -2.12. The first-order chi connectivity index (χ1) is 5.93. The van der Waals surface area contributed by atoms with Crippen molar-refractivity contribution < 1.29 is 13.2 Å². The van der Waals surface area contributed by atoms with E-state index in [9.17, 15) is 13.2 Å². The fourth-order valence-corrected chi connectivity index (χ4v) is 1.09. The molecule has 70 valence electrons. The molecule has 0 spiro atoms. The van der Waals surface area contributed by atoms with E-state index in [1.54, 1.807) is 21.0 Å². The van der Waals surface area contributed by atoms with E-state index in [4.69, 9.17) is 0 Å². The average Bonchev–Trinajstić information content (AvgIpc) is 2.01. The monoisotopic (exact) mass is 187 g/mol. The van der Waals surface area contributed by atoms with Crippen LogP contribution in [-0.2, 0) is 6.18 Å². The predicted octanol–water partition coefficient (Wildman–Crippen LogP) is 1.01. The molecule has 0 radical (unpaired) electrons. The number of hydrogen-bond acceptors (Lipinski definition) is 1. The molecule has 13 heavy (non-hydrogen) atoms. The summed E-state index contributed by atoms with van der Waals surface area (Å²) in [6, 6.07) is 3.88. The molecule has 1 N–H and O–H groups in total. The van der Waals surface area contributed by atoms with Crippen LogP contribution in [0.5, 0.6) is 0 Å². The van der Waals surface area contributed by atoms with Crippen molar-refractivity contribution in [2.75, 3.05) is 12.4 Å². The van der Waals surface area contributed by atoms with E-state index in [1.807, 2.05) is 0 Å². The molecule has 5 heteroatoms. The number of anilines is 1. The van der Waals surface area contributed by atoms with Gasteiger partial charge in [-0.3, -0.25) is 0 Å². The van der Waals surface area contributed by atoms with Gasteiger partial charge in [0, 0.05) is 12.7 Å². The minimum Gasteiger partial charge on any atom is -0.388 e. The lowest BCUT2D eigenvalue weighted by molar-refractivity contribution is -0.137.